The first-order valence-electron chi connectivity index (χ1n) is 6.93. The van der Waals surface area contributed by atoms with E-state index in [1.807, 2.05) is 12.1 Å². The summed E-state index contributed by atoms with van der Waals surface area (Å²) in [5.74, 6) is 1.30. The Hall–Kier alpha value is -2.57. The first-order chi connectivity index (χ1) is 11.5. The van der Waals surface area contributed by atoms with E-state index in [0.717, 1.165) is 5.69 Å². The SMILES string of the molecule is COc1ccc(Cl)cc1-c1nc(N)nc(Nc2cccc(Cl)c2)n1. The Kier molecular flexibility index (Phi) is 4.69. The molecule has 0 aliphatic heterocycles. The zero-order chi connectivity index (χ0) is 17.1. The third kappa shape index (κ3) is 3.67. The number of anilines is 3. The van der Waals surface area contributed by atoms with E-state index in [9.17, 15) is 0 Å². The molecule has 2 aromatic carbocycles. The zero-order valence-electron chi connectivity index (χ0n) is 12.6. The van der Waals surface area contributed by atoms with Crippen LogP contribution in [0.15, 0.2) is 42.5 Å². The van der Waals surface area contributed by atoms with Crippen LogP contribution in [0.5, 0.6) is 5.75 Å². The van der Waals surface area contributed by atoms with Gasteiger partial charge in [-0.05, 0) is 36.4 Å². The number of hydrogen-bond acceptors (Lipinski definition) is 6. The molecule has 0 fully saturated rings. The molecule has 3 aromatic rings. The van der Waals surface area contributed by atoms with Crippen LogP contribution in [0.4, 0.5) is 17.6 Å². The number of nitrogens with two attached hydrogens (primary N) is 1. The van der Waals surface area contributed by atoms with Gasteiger partial charge in [0.1, 0.15) is 5.75 Å². The van der Waals surface area contributed by atoms with E-state index in [4.69, 9.17) is 33.7 Å². The minimum atomic E-state index is 0.0755. The largest absolute Gasteiger partial charge is 0.496 e. The van der Waals surface area contributed by atoms with Gasteiger partial charge in [-0.1, -0.05) is 29.3 Å². The van der Waals surface area contributed by atoms with Crippen molar-refractivity contribution in [3.8, 4) is 17.1 Å². The van der Waals surface area contributed by atoms with E-state index in [0.29, 0.717) is 33.1 Å². The fourth-order valence-corrected chi connectivity index (χ4v) is 2.48. The molecule has 0 radical (unpaired) electrons. The van der Waals surface area contributed by atoms with Gasteiger partial charge in [-0.15, -0.1) is 0 Å². The van der Waals surface area contributed by atoms with Crippen molar-refractivity contribution in [2.75, 3.05) is 18.2 Å². The molecule has 24 heavy (non-hydrogen) atoms. The van der Waals surface area contributed by atoms with Crippen molar-refractivity contribution in [1.82, 2.24) is 15.0 Å². The molecule has 0 saturated carbocycles. The molecule has 0 spiro atoms. The molecule has 0 aliphatic rings. The Bertz CT molecular complexity index is 888. The standard InChI is InChI=1S/C16H13Cl2N5O/c1-24-13-6-5-10(18)8-12(13)14-21-15(19)23-16(22-14)20-11-4-2-3-9(17)7-11/h2-8H,1H3,(H3,19,20,21,22,23). The monoisotopic (exact) mass is 361 g/mol. The summed E-state index contributed by atoms with van der Waals surface area (Å²) in [6, 6.07) is 12.3. The van der Waals surface area contributed by atoms with Crippen molar-refractivity contribution >= 4 is 40.8 Å². The number of ether oxygens (including phenoxy) is 1. The number of hydrogen-bond donors (Lipinski definition) is 2. The Morgan fingerprint density at radius 3 is 2.54 bits per heavy atom. The highest BCUT2D eigenvalue weighted by molar-refractivity contribution is 6.31. The smallest absolute Gasteiger partial charge is 0.232 e. The van der Waals surface area contributed by atoms with Gasteiger partial charge in [0.05, 0.1) is 12.7 Å². The first kappa shape index (κ1) is 16.3. The maximum absolute atomic E-state index is 6.06. The van der Waals surface area contributed by atoms with Crippen molar-refractivity contribution in [2.45, 2.75) is 0 Å². The van der Waals surface area contributed by atoms with Crippen LogP contribution in [0.1, 0.15) is 0 Å². The Morgan fingerprint density at radius 2 is 1.79 bits per heavy atom. The minimum absolute atomic E-state index is 0.0755. The first-order valence-corrected chi connectivity index (χ1v) is 7.69. The van der Waals surface area contributed by atoms with E-state index in [1.165, 1.54) is 0 Å². The van der Waals surface area contributed by atoms with Gasteiger partial charge >= 0.3 is 0 Å². The van der Waals surface area contributed by atoms with Gasteiger partial charge < -0.3 is 15.8 Å². The molecule has 0 aliphatic carbocycles. The summed E-state index contributed by atoms with van der Waals surface area (Å²) in [6.07, 6.45) is 0. The molecule has 6 nitrogen and oxygen atoms in total. The van der Waals surface area contributed by atoms with Crippen LogP contribution in [0.2, 0.25) is 10.0 Å². The van der Waals surface area contributed by atoms with Crippen LogP contribution >= 0.6 is 23.2 Å². The van der Waals surface area contributed by atoms with E-state index in [2.05, 4.69) is 20.3 Å². The Morgan fingerprint density at radius 1 is 1.00 bits per heavy atom. The maximum Gasteiger partial charge on any atom is 0.232 e. The molecule has 0 atom stereocenters. The average molecular weight is 362 g/mol. The molecular weight excluding hydrogens is 349 g/mol. The van der Waals surface area contributed by atoms with Crippen molar-refractivity contribution in [3.05, 3.63) is 52.5 Å². The van der Waals surface area contributed by atoms with Gasteiger partial charge in [-0.2, -0.15) is 15.0 Å². The highest BCUT2D eigenvalue weighted by Crippen LogP contribution is 2.31. The van der Waals surface area contributed by atoms with E-state index < -0.39 is 0 Å². The van der Waals surface area contributed by atoms with E-state index in [-0.39, 0.29) is 5.95 Å². The molecule has 3 rings (SSSR count). The topological polar surface area (TPSA) is 86.0 Å². The van der Waals surface area contributed by atoms with Crippen LogP contribution in [-0.2, 0) is 0 Å². The van der Waals surface area contributed by atoms with Gasteiger partial charge in [-0.3, -0.25) is 0 Å². The third-order valence-corrected chi connectivity index (χ3v) is 3.61. The molecule has 3 N–H and O–H groups in total. The van der Waals surface area contributed by atoms with Gasteiger partial charge in [0.25, 0.3) is 0 Å². The summed E-state index contributed by atoms with van der Waals surface area (Å²) in [5, 5.41) is 4.18. The zero-order valence-corrected chi connectivity index (χ0v) is 14.1. The summed E-state index contributed by atoms with van der Waals surface area (Å²) < 4.78 is 5.33. The van der Waals surface area contributed by atoms with E-state index >= 15 is 0 Å². The predicted molar refractivity (Wildman–Crippen MR) is 96.0 cm³/mol. The second-order valence-corrected chi connectivity index (χ2v) is 5.69. The molecule has 0 amide bonds. The Balaban J connectivity index is 2.02. The van der Waals surface area contributed by atoms with Crippen molar-refractivity contribution < 1.29 is 4.74 Å². The fraction of sp³-hybridized carbons (Fsp3) is 0.0625. The van der Waals surface area contributed by atoms with E-state index in [1.54, 1.807) is 37.4 Å². The Labute approximate surface area is 148 Å². The van der Waals surface area contributed by atoms with Crippen molar-refractivity contribution in [2.24, 2.45) is 0 Å². The van der Waals surface area contributed by atoms with Crippen LogP contribution in [0.3, 0.4) is 0 Å². The number of aromatic nitrogens is 3. The number of nitrogens with one attached hydrogen (secondary N) is 1. The fourth-order valence-electron chi connectivity index (χ4n) is 2.12. The summed E-state index contributed by atoms with van der Waals surface area (Å²) in [6.45, 7) is 0. The normalized spacial score (nSPS) is 10.5. The lowest BCUT2D eigenvalue weighted by atomic mass is 10.2. The highest BCUT2D eigenvalue weighted by atomic mass is 35.5. The summed E-state index contributed by atoms with van der Waals surface area (Å²) in [7, 11) is 1.56. The van der Waals surface area contributed by atoms with Gasteiger partial charge in [0, 0.05) is 15.7 Å². The number of methoxy groups -OCH3 is 1. The molecule has 1 heterocycles. The third-order valence-electron chi connectivity index (χ3n) is 3.14. The number of rotatable bonds is 4. The highest BCUT2D eigenvalue weighted by Gasteiger charge is 2.13. The summed E-state index contributed by atoms with van der Waals surface area (Å²) >= 11 is 12.0. The lowest BCUT2D eigenvalue weighted by Crippen LogP contribution is -2.05. The predicted octanol–water partition coefficient (Wildman–Crippen LogP) is 4.18. The summed E-state index contributed by atoms with van der Waals surface area (Å²) in [5.41, 5.74) is 7.16. The molecular formula is C16H13Cl2N5O. The van der Waals surface area contributed by atoms with Gasteiger partial charge in [0.15, 0.2) is 5.82 Å². The van der Waals surface area contributed by atoms with Gasteiger partial charge in [-0.25, -0.2) is 0 Å². The molecule has 0 bridgehead atoms. The van der Waals surface area contributed by atoms with Crippen LogP contribution in [0, 0.1) is 0 Å². The van der Waals surface area contributed by atoms with Crippen molar-refractivity contribution in [3.63, 3.8) is 0 Å². The molecule has 122 valence electrons. The van der Waals surface area contributed by atoms with Crippen LogP contribution in [-0.4, -0.2) is 22.1 Å². The molecule has 0 saturated heterocycles. The average Bonchev–Trinajstić information content (AvgIpc) is 2.54. The second kappa shape index (κ2) is 6.90. The van der Waals surface area contributed by atoms with Gasteiger partial charge in [0.2, 0.25) is 11.9 Å². The van der Waals surface area contributed by atoms with Crippen LogP contribution < -0.4 is 15.8 Å². The lowest BCUT2D eigenvalue weighted by molar-refractivity contribution is 0.416. The number of benzene rings is 2. The van der Waals surface area contributed by atoms with Crippen molar-refractivity contribution in [1.29, 1.82) is 0 Å². The summed E-state index contributed by atoms with van der Waals surface area (Å²) in [4.78, 5) is 12.6. The lowest BCUT2D eigenvalue weighted by Gasteiger charge is -2.10. The molecule has 0 unspecified atom stereocenters. The number of nitrogens with zero attached hydrogens (tertiary/aromatic N) is 3. The van der Waals surface area contributed by atoms with Crippen LogP contribution in [0.25, 0.3) is 11.4 Å². The second-order valence-electron chi connectivity index (χ2n) is 4.82. The quantitative estimate of drug-likeness (QED) is 0.724. The maximum atomic E-state index is 6.06. The number of nitrogen functional groups attached to an aromatic ring is 1. The molecule has 1 aromatic heterocycles. The number of halogens is 2. The molecule has 8 heteroatoms. The minimum Gasteiger partial charge on any atom is -0.496 e.